The molecule has 1 heteroatoms. The summed E-state index contributed by atoms with van der Waals surface area (Å²) in [6.45, 7) is 16.3. The maximum Gasteiger partial charge on any atom is 0.0151 e. The average Bonchev–Trinajstić information content (AvgIpc) is 2.42. The maximum atomic E-state index is 3.84. The molecule has 104 valence electrons. The lowest BCUT2D eigenvalue weighted by Crippen LogP contribution is -1.84. The van der Waals surface area contributed by atoms with Crippen LogP contribution in [-0.2, 0) is 0 Å². The van der Waals surface area contributed by atoms with Gasteiger partial charge >= 0.3 is 0 Å². The Kier molecular flexibility index (Phi) is 9.07. The van der Waals surface area contributed by atoms with Crippen molar-refractivity contribution in [2.75, 3.05) is 0 Å². The molecule has 0 unspecified atom stereocenters. The Morgan fingerprint density at radius 2 is 1.84 bits per heavy atom. The summed E-state index contributed by atoms with van der Waals surface area (Å²) >= 11 is 1.80. The van der Waals surface area contributed by atoms with Crippen molar-refractivity contribution in [3.63, 3.8) is 0 Å². The van der Waals surface area contributed by atoms with Crippen molar-refractivity contribution in [1.29, 1.82) is 0 Å². The summed E-state index contributed by atoms with van der Waals surface area (Å²) in [4.78, 5) is 2.57. The molecule has 0 nitrogen and oxygen atoms in total. The van der Waals surface area contributed by atoms with E-state index in [2.05, 4.69) is 57.7 Å². The van der Waals surface area contributed by atoms with Crippen LogP contribution in [0.3, 0.4) is 0 Å². The molecule has 1 rings (SSSR count). The molecule has 0 aliphatic carbocycles. The lowest BCUT2D eigenvalue weighted by Gasteiger charge is -2.09. The zero-order valence-electron chi connectivity index (χ0n) is 13.1. The molecule has 0 amide bonds. The van der Waals surface area contributed by atoms with Crippen LogP contribution >= 0.6 is 11.8 Å². The minimum absolute atomic E-state index is 1.22. The van der Waals surface area contributed by atoms with E-state index in [1.54, 1.807) is 11.8 Å². The smallest absolute Gasteiger partial charge is 0.0151 e. The lowest BCUT2D eigenvalue weighted by molar-refractivity contribution is 1.26. The molecule has 0 spiro atoms. The first-order valence-corrected chi connectivity index (χ1v) is 7.61. The number of allylic oxidation sites excluding steroid dienone is 4. The zero-order chi connectivity index (χ0) is 14.8. The Hall–Kier alpha value is -1.21. The van der Waals surface area contributed by atoms with Crippen molar-refractivity contribution in [3.05, 3.63) is 64.6 Å². The van der Waals surface area contributed by atoms with Crippen LogP contribution in [0.1, 0.15) is 38.8 Å². The van der Waals surface area contributed by atoms with Gasteiger partial charge in [-0.25, -0.2) is 0 Å². The molecule has 0 saturated heterocycles. The molecule has 1 aromatic rings. The van der Waals surface area contributed by atoms with Gasteiger partial charge in [0.25, 0.3) is 0 Å². The van der Waals surface area contributed by atoms with Gasteiger partial charge in [-0.15, -0.1) is 0 Å². The standard InChI is InChI=1S/C16H20S.C2H6/c1-6-8-15(13(4)7-2)17-16-10-9-12(3)11-14(16)5;1-2/h6-11H,2H2,1,3-5H3;1-2H3/b8-6-,15-13+;. The molecule has 0 bridgehead atoms. The molecular weight excluding hydrogens is 248 g/mol. The highest BCUT2D eigenvalue weighted by molar-refractivity contribution is 8.03. The summed E-state index contributed by atoms with van der Waals surface area (Å²) in [6.07, 6.45) is 6.12. The first-order chi connectivity index (χ1) is 9.08. The summed E-state index contributed by atoms with van der Waals surface area (Å²) < 4.78 is 0. The van der Waals surface area contributed by atoms with Gasteiger partial charge in [0.1, 0.15) is 0 Å². The number of rotatable bonds is 4. The quantitative estimate of drug-likeness (QED) is 0.448. The molecule has 0 aliphatic heterocycles. The van der Waals surface area contributed by atoms with Crippen LogP contribution in [0, 0.1) is 13.8 Å². The third kappa shape index (κ3) is 5.98. The van der Waals surface area contributed by atoms with E-state index in [0.29, 0.717) is 0 Å². The van der Waals surface area contributed by atoms with E-state index in [0.717, 1.165) is 0 Å². The second kappa shape index (κ2) is 9.69. The highest BCUT2D eigenvalue weighted by atomic mass is 32.2. The minimum atomic E-state index is 1.22. The largest absolute Gasteiger partial charge is 0.0988 e. The molecule has 0 atom stereocenters. The van der Waals surface area contributed by atoms with Gasteiger partial charge in [0.15, 0.2) is 0 Å². The van der Waals surface area contributed by atoms with Gasteiger partial charge in [-0.1, -0.05) is 68.1 Å². The van der Waals surface area contributed by atoms with Gasteiger partial charge in [-0.05, 0) is 44.9 Å². The van der Waals surface area contributed by atoms with Gasteiger partial charge < -0.3 is 0 Å². The van der Waals surface area contributed by atoms with E-state index in [1.807, 2.05) is 26.8 Å². The number of hydrogen-bond acceptors (Lipinski definition) is 1. The molecule has 0 heterocycles. The van der Waals surface area contributed by atoms with E-state index in [9.17, 15) is 0 Å². The Morgan fingerprint density at radius 1 is 1.21 bits per heavy atom. The molecule has 0 radical (unpaired) electrons. The highest BCUT2D eigenvalue weighted by Crippen LogP contribution is 2.32. The third-order valence-corrected chi connectivity index (χ3v) is 3.92. The van der Waals surface area contributed by atoms with Gasteiger partial charge in [0.2, 0.25) is 0 Å². The van der Waals surface area contributed by atoms with Crippen LogP contribution in [-0.4, -0.2) is 0 Å². The lowest BCUT2D eigenvalue weighted by atomic mass is 10.2. The van der Waals surface area contributed by atoms with Gasteiger partial charge in [0, 0.05) is 9.80 Å². The summed E-state index contributed by atoms with van der Waals surface area (Å²) in [7, 11) is 0. The Labute approximate surface area is 123 Å². The molecule has 19 heavy (non-hydrogen) atoms. The van der Waals surface area contributed by atoms with E-state index in [4.69, 9.17) is 0 Å². The number of benzene rings is 1. The SMILES string of the molecule is C=C/C(C)=C(\C=C/C)Sc1ccc(C)cc1C.CC. The highest BCUT2D eigenvalue weighted by Gasteiger charge is 2.03. The fourth-order valence-corrected chi connectivity index (χ4v) is 2.57. The van der Waals surface area contributed by atoms with Crippen LogP contribution < -0.4 is 0 Å². The van der Waals surface area contributed by atoms with Crippen molar-refractivity contribution in [3.8, 4) is 0 Å². The van der Waals surface area contributed by atoms with Crippen molar-refractivity contribution >= 4 is 11.8 Å². The maximum absolute atomic E-state index is 3.84. The van der Waals surface area contributed by atoms with Crippen LogP contribution in [0.25, 0.3) is 0 Å². The summed E-state index contributed by atoms with van der Waals surface area (Å²) in [6, 6.07) is 6.57. The van der Waals surface area contributed by atoms with E-state index < -0.39 is 0 Å². The zero-order valence-corrected chi connectivity index (χ0v) is 13.9. The summed E-state index contributed by atoms with van der Waals surface area (Å²) in [5.74, 6) is 0. The molecular formula is C18H26S. The van der Waals surface area contributed by atoms with Crippen molar-refractivity contribution in [2.24, 2.45) is 0 Å². The number of hydrogen-bond donors (Lipinski definition) is 0. The van der Waals surface area contributed by atoms with Crippen LogP contribution in [0.4, 0.5) is 0 Å². The topological polar surface area (TPSA) is 0 Å². The third-order valence-electron chi connectivity index (χ3n) is 2.56. The van der Waals surface area contributed by atoms with E-state index in [-0.39, 0.29) is 0 Å². The second-order valence-corrected chi connectivity index (χ2v) is 5.21. The van der Waals surface area contributed by atoms with Gasteiger partial charge in [0.05, 0.1) is 0 Å². The Balaban J connectivity index is 0.00000154. The predicted octanol–water partition coefficient (Wildman–Crippen LogP) is 6.46. The molecule has 1 aromatic carbocycles. The number of aryl methyl sites for hydroxylation is 2. The summed E-state index contributed by atoms with van der Waals surface area (Å²) in [5, 5.41) is 0. The van der Waals surface area contributed by atoms with Gasteiger partial charge in [-0.3, -0.25) is 0 Å². The number of thioether (sulfide) groups is 1. The Bertz CT molecular complexity index is 465. The molecule has 0 aromatic heterocycles. The molecule has 0 aliphatic rings. The van der Waals surface area contributed by atoms with Crippen molar-refractivity contribution in [2.45, 2.75) is 46.4 Å². The second-order valence-electron chi connectivity index (χ2n) is 4.12. The first-order valence-electron chi connectivity index (χ1n) is 6.79. The van der Waals surface area contributed by atoms with Crippen molar-refractivity contribution in [1.82, 2.24) is 0 Å². The van der Waals surface area contributed by atoms with Crippen LogP contribution in [0.5, 0.6) is 0 Å². The van der Waals surface area contributed by atoms with Gasteiger partial charge in [-0.2, -0.15) is 0 Å². The minimum Gasteiger partial charge on any atom is -0.0988 e. The summed E-state index contributed by atoms with van der Waals surface area (Å²) in [5.41, 5.74) is 3.85. The van der Waals surface area contributed by atoms with Crippen LogP contribution in [0.2, 0.25) is 0 Å². The fourth-order valence-electron chi connectivity index (χ4n) is 1.53. The average molecular weight is 274 g/mol. The van der Waals surface area contributed by atoms with E-state index >= 15 is 0 Å². The first kappa shape index (κ1) is 17.8. The molecule has 0 saturated carbocycles. The fraction of sp³-hybridized carbons (Fsp3) is 0.333. The monoisotopic (exact) mass is 274 g/mol. The van der Waals surface area contributed by atoms with Crippen LogP contribution in [0.15, 0.2) is 58.4 Å². The molecule has 0 fully saturated rings. The predicted molar refractivity (Wildman–Crippen MR) is 90.8 cm³/mol. The normalized spacial score (nSPS) is 11.7. The Morgan fingerprint density at radius 3 is 2.32 bits per heavy atom. The molecule has 0 N–H and O–H groups in total. The van der Waals surface area contributed by atoms with E-state index in [1.165, 1.54) is 26.5 Å². The van der Waals surface area contributed by atoms with Crippen molar-refractivity contribution < 1.29 is 0 Å².